The highest BCUT2D eigenvalue weighted by Gasteiger charge is 2.10. The summed E-state index contributed by atoms with van der Waals surface area (Å²) < 4.78 is 13.7. The highest BCUT2D eigenvalue weighted by Crippen LogP contribution is 2.28. The molecule has 0 aliphatic rings. The second kappa shape index (κ2) is 5.90. The fourth-order valence-corrected chi connectivity index (χ4v) is 2.62. The monoisotopic (exact) mass is 334 g/mol. The smallest absolute Gasteiger partial charge is 0.146 e. The minimum Gasteiger partial charge on any atom is -0.506 e. The van der Waals surface area contributed by atoms with Crippen molar-refractivity contribution in [1.82, 2.24) is 15.0 Å². The van der Waals surface area contributed by atoms with Crippen LogP contribution in [0, 0.1) is 12.7 Å². The average Bonchev–Trinajstić information content (AvgIpc) is 3.00. The first kappa shape index (κ1) is 15.1. The molecule has 1 aromatic heterocycles. The standard InChI is InChI=1S/C19H15FN4O/c1-12-6-8-16-17(10-12)23-24(22-16)18-9-7-13(11-19(18)25)21-15-5-3-2-4-14(15)20/h2-11,21,25H,1H3. The van der Waals surface area contributed by atoms with E-state index in [0.29, 0.717) is 17.1 Å². The highest BCUT2D eigenvalue weighted by atomic mass is 19.1. The number of phenols is 1. The number of nitrogens with one attached hydrogen (secondary N) is 1. The number of hydrogen-bond donors (Lipinski definition) is 2. The van der Waals surface area contributed by atoms with Crippen molar-refractivity contribution in [2.75, 3.05) is 5.32 Å². The Bertz CT molecular complexity index is 1070. The molecule has 4 aromatic rings. The topological polar surface area (TPSA) is 63.0 Å². The van der Waals surface area contributed by atoms with Gasteiger partial charge in [-0.3, -0.25) is 0 Å². The van der Waals surface area contributed by atoms with Gasteiger partial charge in [0.2, 0.25) is 0 Å². The van der Waals surface area contributed by atoms with E-state index in [4.69, 9.17) is 0 Å². The average molecular weight is 334 g/mol. The Balaban J connectivity index is 1.68. The number of aromatic hydroxyl groups is 1. The third kappa shape index (κ3) is 2.89. The van der Waals surface area contributed by atoms with E-state index in [0.717, 1.165) is 16.6 Å². The van der Waals surface area contributed by atoms with Crippen LogP contribution in [0.25, 0.3) is 16.7 Å². The second-order valence-corrected chi connectivity index (χ2v) is 5.79. The van der Waals surface area contributed by atoms with Gasteiger partial charge in [-0.1, -0.05) is 18.2 Å². The van der Waals surface area contributed by atoms with E-state index in [1.165, 1.54) is 16.9 Å². The van der Waals surface area contributed by atoms with Crippen LogP contribution in [0.3, 0.4) is 0 Å². The molecule has 6 heteroatoms. The van der Waals surface area contributed by atoms with Crippen LogP contribution in [0.4, 0.5) is 15.8 Å². The Kier molecular flexibility index (Phi) is 3.57. The van der Waals surface area contributed by atoms with Crippen molar-refractivity contribution in [3.63, 3.8) is 0 Å². The molecular formula is C19H15FN4O. The van der Waals surface area contributed by atoms with E-state index in [1.54, 1.807) is 30.3 Å². The lowest BCUT2D eigenvalue weighted by atomic mass is 10.2. The van der Waals surface area contributed by atoms with Gasteiger partial charge in [0.05, 0.1) is 5.69 Å². The molecule has 4 rings (SSSR count). The molecule has 5 nitrogen and oxygen atoms in total. The van der Waals surface area contributed by atoms with Crippen molar-refractivity contribution in [1.29, 1.82) is 0 Å². The lowest BCUT2D eigenvalue weighted by Gasteiger charge is -2.09. The molecule has 0 fully saturated rings. The van der Waals surface area contributed by atoms with E-state index in [-0.39, 0.29) is 11.6 Å². The summed E-state index contributed by atoms with van der Waals surface area (Å²) >= 11 is 0. The van der Waals surface area contributed by atoms with Crippen LogP contribution < -0.4 is 5.32 Å². The van der Waals surface area contributed by atoms with Crippen LogP contribution in [0.15, 0.2) is 60.7 Å². The first-order chi connectivity index (χ1) is 12.1. The van der Waals surface area contributed by atoms with Gasteiger partial charge in [-0.15, -0.1) is 15.0 Å². The Hall–Kier alpha value is -3.41. The largest absolute Gasteiger partial charge is 0.506 e. The van der Waals surface area contributed by atoms with Gasteiger partial charge in [-0.25, -0.2) is 4.39 Å². The first-order valence-corrected chi connectivity index (χ1v) is 7.79. The quantitative estimate of drug-likeness (QED) is 0.586. The number of aryl methyl sites for hydroxylation is 1. The Labute approximate surface area is 143 Å². The molecule has 0 spiro atoms. The molecular weight excluding hydrogens is 319 g/mol. The summed E-state index contributed by atoms with van der Waals surface area (Å²) in [5, 5.41) is 22.1. The molecule has 0 saturated heterocycles. The molecule has 124 valence electrons. The zero-order valence-electron chi connectivity index (χ0n) is 13.4. The van der Waals surface area contributed by atoms with Gasteiger partial charge in [-0.05, 0) is 48.9 Å². The predicted octanol–water partition coefficient (Wildman–Crippen LogP) is 4.32. The van der Waals surface area contributed by atoms with Gasteiger partial charge in [0, 0.05) is 11.8 Å². The first-order valence-electron chi connectivity index (χ1n) is 7.79. The third-order valence-corrected chi connectivity index (χ3v) is 3.88. The molecule has 0 atom stereocenters. The van der Waals surface area contributed by atoms with Gasteiger partial charge in [-0.2, -0.15) is 0 Å². The van der Waals surface area contributed by atoms with E-state index in [2.05, 4.69) is 15.5 Å². The van der Waals surface area contributed by atoms with E-state index >= 15 is 0 Å². The van der Waals surface area contributed by atoms with Crippen molar-refractivity contribution >= 4 is 22.4 Å². The molecule has 0 unspecified atom stereocenters. The number of rotatable bonds is 3. The SMILES string of the molecule is Cc1ccc2nn(-c3ccc(Nc4ccccc4F)cc3O)nc2c1. The fourth-order valence-electron chi connectivity index (χ4n) is 2.62. The van der Waals surface area contributed by atoms with Crippen LogP contribution in [0.5, 0.6) is 5.75 Å². The van der Waals surface area contributed by atoms with E-state index < -0.39 is 0 Å². The number of phenolic OH excluding ortho intramolecular Hbond substituents is 1. The Morgan fingerprint density at radius 3 is 2.56 bits per heavy atom. The van der Waals surface area contributed by atoms with E-state index in [1.807, 2.05) is 25.1 Å². The predicted molar refractivity (Wildman–Crippen MR) is 94.9 cm³/mol. The van der Waals surface area contributed by atoms with E-state index in [9.17, 15) is 9.50 Å². The maximum Gasteiger partial charge on any atom is 0.146 e. The number of anilines is 2. The summed E-state index contributed by atoms with van der Waals surface area (Å²) in [7, 11) is 0. The second-order valence-electron chi connectivity index (χ2n) is 5.79. The molecule has 0 aliphatic heterocycles. The van der Waals surface area contributed by atoms with Crippen LogP contribution in [0.2, 0.25) is 0 Å². The molecule has 0 bridgehead atoms. The van der Waals surface area contributed by atoms with Gasteiger partial charge in [0.15, 0.2) is 0 Å². The summed E-state index contributed by atoms with van der Waals surface area (Å²) in [5.41, 5.74) is 3.96. The summed E-state index contributed by atoms with van der Waals surface area (Å²) in [6.45, 7) is 1.99. The molecule has 25 heavy (non-hydrogen) atoms. The van der Waals surface area contributed by atoms with Crippen molar-refractivity contribution in [3.8, 4) is 11.4 Å². The molecule has 0 amide bonds. The fraction of sp³-hybridized carbons (Fsp3) is 0.0526. The van der Waals surface area contributed by atoms with Crippen LogP contribution in [-0.2, 0) is 0 Å². The van der Waals surface area contributed by atoms with Gasteiger partial charge < -0.3 is 10.4 Å². The van der Waals surface area contributed by atoms with Crippen molar-refractivity contribution in [3.05, 3.63) is 72.0 Å². The zero-order valence-corrected chi connectivity index (χ0v) is 13.4. The number of halogens is 1. The zero-order chi connectivity index (χ0) is 17.4. The summed E-state index contributed by atoms with van der Waals surface area (Å²) in [6.07, 6.45) is 0. The lowest BCUT2D eigenvalue weighted by molar-refractivity contribution is 0.468. The summed E-state index contributed by atoms with van der Waals surface area (Å²) in [4.78, 5) is 1.40. The molecule has 2 N–H and O–H groups in total. The van der Waals surface area contributed by atoms with Crippen molar-refractivity contribution in [2.45, 2.75) is 6.92 Å². The molecule has 0 radical (unpaired) electrons. The lowest BCUT2D eigenvalue weighted by Crippen LogP contribution is -2.00. The van der Waals surface area contributed by atoms with Crippen molar-refractivity contribution < 1.29 is 9.50 Å². The number of fused-ring (bicyclic) bond motifs is 1. The van der Waals surface area contributed by atoms with Gasteiger partial charge >= 0.3 is 0 Å². The number of benzene rings is 3. The minimum absolute atomic E-state index is 0.00151. The van der Waals surface area contributed by atoms with Crippen molar-refractivity contribution in [2.24, 2.45) is 0 Å². The Morgan fingerprint density at radius 1 is 0.960 bits per heavy atom. The van der Waals surface area contributed by atoms with Crippen LogP contribution in [-0.4, -0.2) is 20.1 Å². The molecule has 0 saturated carbocycles. The van der Waals surface area contributed by atoms with Crippen LogP contribution >= 0.6 is 0 Å². The molecule has 1 heterocycles. The molecule has 0 aliphatic carbocycles. The van der Waals surface area contributed by atoms with Gasteiger partial charge in [0.25, 0.3) is 0 Å². The number of hydrogen-bond acceptors (Lipinski definition) is 4. The minimum atomic E-state index is -0.360. The summed E-state index contributed by atoms with van der Waals surface area (Å²) in [6, 6.07) is 17.1. The maximum absolute atomic E-state index is 13.7. The highest BCUT2D eigenvalue weighted by molar-refractivity contribution is 5.75. The number of para-hydroxylation sites is 1. The summed E-state index contributed by atoms with van der Waals surface area (Å²) in [5.74, 6) is -0.361. The maximum atomic E-state index is 13.7. The number of aromatic nitrogens is 3. The normalized spacial score (nSPS) is 11.0. The molecule has 3 aromatic carbocycles. The Morgan fingerprint density at radius 2 is 1.76 bits per heavy atom. The van der Waals surface area contributed by atoms with Crippen LogP contribution in [0.1, 0.15) is 5.56 Å². The third-order valence-electron chi connectivity index (χ3n) is 3.88. The van der Waals surface area contributed by atoms with Gasteiger partial charge in [0.1, 0.15) is 28.3 Å². The number of nitrogens with zero attached hydrogens (tertiary/aromatic N) is 3.